The number of H-pyrrole nitrogens is 1. The van der Waals surface area contributed by atoms with Crippen molar-refractivity contribution in [2.24, 2.45) is 17.8 Å². The van der Waals surface area contributed by atoms with E-state index in [1.807, 2.05) is 26.0 Å². The maximum absolute atomic E-state index is 13.7. The van der Waals surface area contributed by atoms with E-state index in [9.17, 15) is 9.59 Å². The average molecular weight is 637 g/mol. The standard InChI is InChI=1S/C35H44N2O9/c1-7-44-27-13-19(14-28(45-8-2)32(27)41-4)34(38)46-29-15-20-18-37-12-11-23-22-10-9-21(40-3)16-25(22)36-31(23)26(37)17-24(20)30(33(29)42-5)35(39)43-6/h9-10,13-14,16,20,24,26,29-30,33,36H,7-8,11-12,15,17-18H2,1-6H3/t20-,24+,26?,29?,30?,33+/m1/s1. The number of ether oxygens (including phenoxy) is 7. The first kappa shape index (κ1) is 32.0. The molecular weight excluding hydrogens is 592 g/mol. The van der Waals surface area contributed by atoms with Crippen LogP contribution < -0.4 is 18.9 Å². The smallest absolute Gasteiger partial charge is 0.338 e. The zero-order valence-electron chi connectivity index (χ0n) is 27.4. The van der Waals surface area contributed by atoms with Crippen LogP contribution in [0.3, 0.4) is 0 Å². The van der Waals surface area contributed by atoms with Gasteiger partial charge in [0.2, 0.25) is 5.75 Å². The maximum Gasteiger partial charge on any atom is 0.338 e. The van der Waals surface area contributed by atoms with Gasteiger partial charge in [-0.05, 0) is 74.8 Å². The van der Waals surface area contributed by atoms with E-state index in [2.05, 4.69) is 16.0 Å². The van der Waals surface area contributed by atoms with Gasteiger partial charge >= 0.3 is 11.9 Å². The Kier molecular flexibility index (Phi) is 9.33. The van der Waals surface area contributed by atoms with Gasteiger partial charge in [0.25, 0.3) is 0 Å². The van der Waals surface area contributed by atoms with Gasteiger partial charge in [0.15, 0.2) is 11.5 Å². The predicted molar refractivity (Wildman–Crippen MR) is 170 cm³/mol. The van der Waals surface area contributed by atoms with Crippen LogP contribution in [0.15, 0.2) is 30.3 Å². The lowest BCUT2D eigenvalue weighted by Gasteiger charge is -2.52. The summed E-state index contributed by atoms with van der Waals surface area (Å²) >= 11 is 0. The molecule has 3 unspecified atom stereocenters. The lowest BCUT2D eigenvalue weighted by molar-refractivity contribution is -0.176. The van der Waals surface area contributed by atoms with Crippen LogP contribution in [-0.2, 0) is 25.4 Å². The first-order valence-corrected chi connectivity index (χ1v) is 16.1. The number of fused-ring (bicyclic) bond motifs is 6. The second kappa shape index (κ2) is 13.4. The van der Waals surface area contributed by atoms with Crippen molar-refractivity contribution < 1.29 is 42.7 Å². The molecule has 0 radical (unpaired) electrons. The minimum Gasteiger partial charge on any atom is -0.497 e. The summed E-state index contributed by atoms with van der Waals surface area (Å²) in [5.74, 6) is 0.583. The minimum atomic E-state index is -0.671. The Hall–Kier alpha value is -3.96. The first-order chi connectivity index (χ1) is 22.3. The molecule has 2 aromatic carbocycles. The Morgan fingerprint density at radius 3 is 2.33 bits per heavy atom. The molecule has 46 heavy (non-hydrogen) atoms. The molecule has 1 N–H and O–H groups in total. The van der Waals surface area contributed by atoms with E-state index >= 15 is 0 Å². The molecule has 1 saturated heterocycles. The molecule has 2 aliphatic heterocycles. The summed E-state index contributed by atoms with van der Waals surface area (Å²) in [5, 5.41) is 1.21. The van der Waals surface area contributed by atoms with Gasteiger partial charge in [0.05, 0.1) is 52.1 Å². The van der Waals surface area contributed by atoms with Gasteiger partial charge in [-0.2, -0.15) is 0 Å². The Balaban J connectivity index is 1.29. The van der Waals surface area contributed by atoms with Crippen molar-refractivity contribution in [2.45, 2.75) is 51.4 Å². The minimum absolute atomic E-state index is 0.0180. The zero-order valence-corrected chi connectivity index (χ0v) is 27.4. The van der Waals surface area contributed by atoms with Crippen molar-refractivity contribution in [2.75, 3.05) is 54.7 Å². The number of rotatable bonds is 10. The van der Waals surface area contributed by atoms with Crippen LogP contribution in [0.2, 0.25) is 0 Å². The molecule has 11 nitrogen and oxygen atoms in total. The van der Waals surface area contributed by atoms with Crippen LogP contribution in [0.25, 0.3) is 10.9 Å². The van der Waals surface area contributed by atoms with Gasteiger partial charge in [-0.3, -0.25) is 9.69 Å². The van der Waals surface area contributed by atoms with Crippen LogP contribution in [0.5, 0.6) is 23.0 Å². The molecule has 1 aromatic heterocycles. The Bertz CT molecular complexity index is 1560. The molecule has 1 saturated carbocycles. The van der Waals surface area contributed by atoms with Gasteiger partial charge in [-0.25, -0.2) is 4.79 Å². The van der Waals surface area contributed by atoms with Gasteiger partial charge < -0.3 is 38.1 Å². The van der Waals surface area contributed by atoms with E-state index in [0.717, 1.165) is 37.2 Å². The third-order valence-electron chi connectivity index (χ3n) is 9.92. The highest BCUT2D eigenvalue weighted by Gasteiger charge is 2.54. The summed E-state index contributed by atoms with van der Waals surface area (Å²) in [6.45, 7) is 6.15. The number of benzene rings is 2. The number of aromatic nitrogens is 1. The summed E-state index contributed by atoms with van der Waals surface area (Å²) in [4.78, 5) is 33.4. The van der Waals surface area contributed by atoms with Crippen molar-refractivity contribution in [1.82, 2.24) is 9.88 Å². The molecular formula is C35H44N2O9. The van der Waals surface area contributed by atoms with E-state index in [-0.39, 0.29) is 29.4 Å². The average Bonchev–Trinajstić information content (AvgIpc) is 3.45. The van der Waals surface area contributed by atoms with Crippen LogP contribution >= 0.6 is 0 Å². The molecule has 3 heterocycles. The van der Waals surface area contributed by atoms with Crippen molar-refractivity contribution in [1.29, 1.82) is 0 Å². The van der Waals surface area contributed by atoms with Gasteiger partial charge in [0.1, 0.15) is 18.0 Å². The summed E-state index contributed by atoms with van der Waals surface area (Å²) in [7, 11) is 6.17. The summed E-state index contributed by atoms with van der Waals surface area (Å²) in [6.07, 6.45) is 0.922. The Labute approximate surface area is 269 Å². The molecule has 1 aliphatic carbocycles. The fourth-order valence-corrected chi connectivity index (χ4v) is 7.98. The predicted octanol–water partition coefficient (Wildman–Crippen LogP) is 4.95. The van der Waals surface area contributed by atoms with Gasteiger partial charge in [0, 0.05) is 42.9 Å². The second-order valence-corrected chi connectivity index (χ2v) is 12.1. The lowest BCUT2D eigenvalue weighted by atomic mass is 9.63. The number of carbonyl (C=O) groups is 2. The van der Waals surface area contributed by atoms with E-state index in [1.165, 1.54) is 30.9 Å². The van der Waals surface area contributed by atoms with Crippen molar-refractivity contribution in [3.05, 3.63) is 47.2 Å². The highest BCUT2D eigenvalue weighted by Crippen LogP contribution is 2.51. The zero-order chi connectivity index (χ0) is 32.5. The van der Waals surface area contributed by atoms with Crippen LogP contribution in [0.1, 0.15) is 54.3 Å². The van der Waals surface area contributed by atoms with E-state index in [1.54, 1.807) is 26.4 Å². The van der Waals surface area contributed by atoms with Crippen molar-refractivity contribution in [3.63, 3.8) is 0 Å². The monoisotopic (exact) mass is 636 g/mol. The number of methoxy groups -OCH3 is 4. The number of hydrogen-bond acceptors (Lipinski definition) is 10. The molecule has 11 heteroatoms. The van der Waals surface area contributed by atoms with Crippen LogP contribution in [-0.4, -0.2) is 88.8 Å². The van der Waals surface area contributed by atoms with E-state index in [4.69, 9.17) is 33.2 Å². The quantitative estimate of drug-likeness (QED) is 0.306. The molecule has 0 bridgehead atoms. The molecule has 6 atom stereocenters. The topological polar surface area (TPSA) is 118 Å². The molecule has 2 fully saturated rings. The SMILES string of the molecule is CCOc1cc(C(=O)OC2C[C@@H]3CN4CCc5c([nH]c6cc(OC)ccc56)C4C[C@@H]3C(C(=O)OC)[C@H]2OC)cc(OCC)c1OC. The number of nitrogens with one attached hydrogen (secondary N) is 1. The maximum atomic E-state index is 13.7. The van der Waals surface area contributed by atoms with Gasteiger partial charge in [-0.1, -0.05) is 0 Å². The molecule has 6 rings (SSSR count). The number of piperidine rings is 1. The number of hydrogen-bond donors (Lipinski definition) is 1. The number of aromatic amines is 1. The third kappa shape index (κ3) is 5.64. The molecule has 3 aromatic rings. The molecule has 3 aliphatic rings. The highest BCUT2D eigenvalue weighted by molar-refractivity contribution is 5.91. The number of esters is 2. The van der Waals surface area contributed by atoms with E-state index in [0.29, 0.717) is 36.9 Å². The highest BCUT2D eigenvalue weighted by atomic mass is 16.6. The number of carbonyl (C=O) groups excluding carboxylic acids is 2. The first-order valence-electron chi connectivity index (χ1n) is 16.1. The Morgan fingerprint density at radius 1 is 0.957 bits per heavy atom. The summed E-state index contributed by atoms with van der Waals surface area (Å²) in [5.41, 5.74) is 3.85. The summed E-state index contributed by atoms with van der Waals surface area (Å²) in [6, 6.07) is 9.50. The second-order valence-electron chi connectivity index (χ2n) is 12.1. The Morgan fingerprint density at radius 2 is 1.70 bits per heavy atom. The van der Waals surface area contributed by atoms with Crippen molar-refractivity contribution in [3.8, 4) is 23.0 Å². The van der Waals surface area contributed by atoms with Crippen LogP contribution in [0, 0.1) is 17.8 Å². The fraction of sp³-hybridized carbons (Fsp3) is 0.543. The lowest BCUT2D eigenvalue weighted by Crippen LogP contribution is -2.58. The largest absolute Gasteiger partial charge is 0.497 e. The third-order valence-corrected chi connectivity index (χ3v) is 9.92. The molecule has 0 spiro atoms. The van der Waals surface area contributed by atoms with Gasteiger partial charge in [-0.15, -0.1) is 0 Å². The molecule has 0 amide bonds. The van der Waals surface area contributed by atoms with Crippen molar-refractivity contribution >= 4 is 22.8 Å². The number of nitrogens with zero attached hydrogens (tertiary/aromatic N) is 1. The normalized spacial score (nSPS) is 25.5. The molecule has 248 valence electrons. The van der Waals surface area contributed by atoms with E-state index < -0.39 is 24.1 Å². The summed E-state index contributed by atoms with van der Waals surface area (Å²) < 4.78 is 40.0. The fourth-order valence-electron chi connectivity index (χ4n) is 7.98. The van der Waals surface area contributed by atoms with Crippen LogP contribution in [0.4, 0.5) is 0 Å².